The quantitative estimate of drug-likeness (QED) is 0.537. The van der Waals surface area contributed by atoms with E-state index in [2.05, 4.69) is 0 Å². The van der Waals surface area contributed by atoms with Crippen LogP contribution in [0.4, 0.5) is 5.69 Å². The molecule has 0 bridgehead atoms. The molecule has 0 amide bonds. The summed E-state index contributed by atoms with van der Waals surface area (Å²) in [6.45, 7) is 3.64. The van der Waals surface area contributed by atoms with Gasteiger partial charge in [0.1, 0.15) is 5.75 Å². The van der Waals surface area contributed by atoms with Crippen molar-refractivity contribution in [1.29, 1.82) is 5.41 Å². The van der Waals surface area contributed by atoms with E-state index in [4.69, 9.17) is 15.9 Å². The predicted molar refractivity (Wildman–Crippen MR) is 54.6 cm³/mol. The summed E-state index contributed by atoms with van der Waals surface area (Å²) in [5.74, 6) is 0.671. The highest BCUT2D eigenvalue weighted by Gasteiger charge is 2.09. The predicted octanol–water partition coefficient (Wildman–Crippen LogP) is 1.97. The summed E-state index contributed by atoms with van der Waals surface area (Å²) in [6.07, 6.45) is 0. The standard InChI is InChI=1S/C10H14N2O/c1-6-4-8(12)10(7(2)11)9(5-6)13-3/h4-5,11H,12H2,1-3H3. The molecule has 0 radical (unpaired) electrons. The molecule has 0 spiro atoms. The van der Waals surface area contributed by atoms with Crippen LogP contribution in [0.2, 0.25) is 0 Å². The number of ether oxygens (including phenoxy) is 1. The molecule has 0 atom stereocenters. The molecule has 0 aliphatic heterocycles. The fourth-order valence-electron chi connectivity index (χ4n) is 1.34. The van der Waals surface area contributed by atoms with Gasteiger partial charge in [0, 0.05) is 11.4 Å². The number of hydrogen-bond acceptors (Lipinski definition) is 3. The number of methoxy groups -OCH3 is 1. The number of rotatable bonds is 2. The van der Waals surface area contributed by atoms with Gasteiger partial charge in [-0.2, -0.15) is 0 Å². The molecule has 1 aromatic rings. The molecule has 1 aromatic carbocycles. The first-order valence-electron chi connectivity index (χ1n) is 4.06. The molecule has 0 saturated heterocycles. The van der Waals surface area contributed by atoms with Gasteiger partial charge in [-0.05, 0) is 31.5 Å². The van der Waals surface area contributed by atoms with E-state index in [0.717, 1.165) is 5.56 Å². The molecule has 70 valence electrons. The second kappa shape index (κ2) is 3.47. The lowest BCUT2D eigenvalue weighted by molar-refractivity contribution is 0.414. The van der Waals surface area contributed by atoms with Crippen LogP contribution in [0.3, 0.4) is 0 Å². The summed E-state index contributed by atoms with van der Waals surface area (Å²) < 4.78 is 5.15. The average molecular weight is 178 g/mol. The first-order valence-corrected chi connectivity index (χ1v) is 4.06. The van der Waals surface area contributed by atoms with Crippen LogP contribution in [0.5, 0.6) is 5.75 Å². The van der Waals surface area contributed by atoms with Crippen molar-refractivity contribution in [2.24, 2.45) is 0 Å². The van der Waals surface area contributed by atoms with Crippen molar-refractivity contribution in [3.05, 3.63) is 23.3 Å². The van der Waals surface area contributed by atoms with E-state index in [-0.39, 0.29) is 0 Å². The van der Waals surface area contributed by atoms with E-state index < -0.39 is 0 Å². The van der Waals surface area contributed by atoms with E-state index in [1.165, 1.54) is 0 Å². The lowest BCUT2D eigenvalue weighted by Crippen LogP contribution is -2.03. The maximum Gasteiger partial charge on any atom is 0.130 e. The molecule has 0 saturated carbocycles. The Balaban J connectivity index is 3.38. The van der Waals surface area contributed by atoms with Crippen molar-refractivity contribution in [2.45, 2.75) is 13.8 Å². The molecular weight excluding hydrogens is 164 g/mol. The Bertz CT molecular complexity index is 345. The number of nitrogens with one attached hydrogen (secondary N) is 1. The van der Waals surface area contributed by atoms with Gasteiger partial charge < -0.3 is 15.9 Å². The fourth-order valence-corrected chi connectivity index (χ4v) is 1.34. The number of benzene rings is 1. The van der Waals surface area contributed by atoms with Crippen molar-refractivity contribution in [3.8, 4) is 5.75 Å². The van der Waals surface area contributed by atoms with Gasteiger partial charge in [-0.25, -0.2) is 0 Å². The van der Waals surface area contributed by atoms with Crippen molar-refractivity contribution < 1.29 is 4.74 Å². The van der Waals surface area contributed by atoms with Gasteiger partial charge in [-0.15, -0.1) is 0 Å². The van der Waals surface area contributed by atoms with Crippen molar-refractivity contribution in [3.63, 3.8) is 0 Å². The lowest BCUT2D eigenvalue weighted by Gasteiger charge is -2.11. The Kier molecular flexibility index (Phi) is 2.56. The summed E-state index contributed by atoms with van der Waals surface area (Å²) in [5, 5.41) is 7.53. The van der Waals surface area contributed by atoms with Gasteiger partial charge >= 0.3 is 0 Å². The van der Waals surface area contributed by atoms with Crippen LogP contribution in [-0.4, -0.2) is 12.8 Å². The van der Waals surface area contributed by atoms with Crippen molar-refractivity contribution in [2.75, 3.05) is 12.8 Å². The average Bonchev–Trinajstić information content (AvgIpc) is 2.01. The minimum absolute atomic E-state index is 0.425. The maximum atomic E-state index is 7.53. The summed E-state index contributed by atoms with van der Waals surface area (Å²) in [7, 11) is 1.58. The monoisotopic (exact) mass is 178 g/mol. The van der Waals surface area contributed by atoms with Crippen molar-refractivity contribution in [1.82, 2.24) is 0 Å². The number of aryl methyl sites for hydroxylation is 1. The fraction of sp³-hybridized carbons (Fsp3) is 0.300. The van der Waals surface area contributed by atoms with Crippen LogP contribution < -0.4 is 10.5 Å². The Hall–Kier alpha value is -1.51. The van der Waals surface area contributed by atoms with Gasteiger partial charge in [0.25, 0.3) is 0 Å². The lowest BCUT2D eigenvalue weighted by atomic mass is 10.1. The molecule has 0 heterocycles. The Labute approximate surface area is 78.0 Å². The Morgan fingerprint density at radius 3 is 2.54 bits per heavy atom. The smallest absolute Gasteiger partial charge is 0.130 e. The third kappa shape index (κ3) is 1.80. The van der Waals surface area contributed by atoms with Crippen LogP contribution in [0.15, 0.2) is 12.1 Å². The molecule has 3 heteroatoms. The van der Waals surface area contributed by atoms with E-state index in [0.29, 0.717) is 22.7 Å². The third-order valence-electron chi connectivity index (χ3n) is 1.87. The molecule has 1 rings (SSSR count). The largest absolute Gasteiger partial charge is 0.496 e. The van der Waals surface area contributed by atoms with Gasteiger partial charge in [-0.1, -0.05) is 0 Å². The van der Waals surface area contributed by atoms with E-state index in [1.807, 2.05) is 19.1 Å². The van der Waals surface area contributed by atoms with Gasteiger partial charge in [0.05, 0.1) is 12.7 Å². The molecule has 3 nitrogen and oxygen atoms in total. The second-order valence-electron chi connectivity index (χ2n) is 3.06. The molecule has 0 unspecified atom stereocenters. The van der Waals surface area contributed by atoms with Crippen LogP contribution in [0.1, 0.15) is 18.1 Å². The number of anilines is 1. The highest BCUT2D eigenvalue weighted by Crippen LogP contribution is 2.26. The Morgan fingerprint density at radius 1 is 1.46 bits per heavy atom. The zero-order valence-electron chi connectivity index (χ0n) is 8.14. The topological polar surface area (TPSA) is 59.1 Å². The zero-order valence-corrected chi connectivity index (χ0v) is 8.14. The molecule has 0 aliphatic carbocycles. The van der Waals surface area contributed by atoms with E-state index in [1.54, 1.807) is 14.0 Å². The maximum absolute atomic E-state index is 7.53. The number of nitrogens with two attached hydrogens (primary N) is 1. The summed E-state index contributed by atoms with van der Waals surface area (Å²) in [5.41, 5.74) is 8.53. The number of hydrogen-bond donors (Lipinski definition) is 2. The SMILES string of the molecule is COc1cc(C)cc(N)c1C(C)=N. The summed E-state index contributed by atoms with van der Waals surface area (Å²) >= 11 is 0. The van der Waals surface area contributed by atoms with E-state index >= 15 is 0 Å². The van der Waals surface area contributed by atoms with E-state index in [9.17, 15) is 0 Å². The van der Waals surface area contributed by atoms with Gasteiger partial charge in [0.2, 0.25) is 0 Å². The van der Waals surface area contributed by atoms with Crippen molar-refractivity contribution >= 4 is 11.4 Å². The normalized spacial score (nSPS) is 9.77. The van der Waals surface area contributed by atoms with Crippen LogP contribution in [0.25, 0.3) is 0 Å². The molecule has 13 heavy (non-hydrogen) atoms. The second-order valence-corrected chi connectivity index (χ2v) is 3.06. The molecular formula is C10H14N2O. The third-order valence-corrected chi connectivity index (χ3v) is 1.87. The molecule has 0 aliphatic rings. The first-order chi connectivity index (χ1) is 6.06. The van der Waals surface area contributed by atoms with Crippen LogP contribution in [0, 0.1) is 12.3 Å². The van der Waals surface area contributed by atoms with Gasteiger partial charge in [-0.3, -0.25) is 0 Å². The highest BCUT2D eigenvalue weighted by molar-refractivity contribution is 6.03. The van der Waals surface area contributed by atoms with Crippen LogP contribution in [-0.2, 0) is 0 Å². The Morgan fingerprint density at radius 2 is 2.08 bits per heavy atom. The summed E-state index contributed by atoms with van der Waals surface area (Å²) in [4.78, 5) is 0. The first kappa shape index (κ1) is 9.58. The minimum atomic E-state index is 0.425. The molecule has 0 aromatic heterocycles. The molecule has 0 fully saturated rings. The van der Waals surface area contributed by atoms with Gasteiger partial charge in [0.15, 0.2) is 0 Å². The molecule has 3 N–H and O–H groups in total. The van der Waals surface area contributed by atoms with Crippen LogP contribution >= 0.6 is 0 Å². The minimum Gasteiger partial charge on any atom is -0.496 e. The zero-order chi connectivity index (χ0) is 10.0. The number of nitrogen functional groups attached to an aromatic ring is 1. The summed E-state index contributed by atoms with van der Waals surface area (Å²) in [6, 6.07) is 3.72. The highest BCUT2D eigenvalue weighted by atomic mass is 16.5.